The summed E-state index contributed by atoms with van der Waals surface area (Å²) >= 11 is 0. The first kappa shape index (κ1) is 23.0. The molecule has 0 saturated carbocycles. The molecule has 2 aromatic rings. The molecule has 2 atom stereocenters. The molecule has 1 aliphatic heterocycles. The van der Waals surface area contributed by atoms with Crippen molar-refractivity contribution >= 4 is 5.91 Å². The van der Waals surface area contributed by atoms with Gasteiger partial charge < -0.3 is 10.0 Å². The number of piperazine rings is 1. The molecule has 2 aromatic carbocycles. The Bertz CT molecular complexity index is 894. The second kappa shape index (κ2) is 10.6. The zero-order chi connectivity index (χ0) is 22.4. The maximum atomic E-state index is 13.0. The summed E-state index contributed by atoms with van der Waals surface area (Å²) < 4.78 is 0. The minimum Gasteiger partial charge on any atom is -0.508 e. The van der Waals surface area contributed by atoms with Gasteiger partial charge in [-0.25, -0.2) is 0 Å². The summed E-state index contributed by atoms with van der Waals surface area (Å²) in [5.74, 6) is 0.321. The summed E-state index contributed by atoms with van der Waals surface area (Å²) in [6.07, 6.45) is 1.96. The van der Waals surface area contributed by atoms with Crippen LogP contribution in [0.15, 0.2) is 61.2 Å². The molecule has 5 heteroatoms. The van der Waals surface area contributed by atoms with Crippen molar-refractivity contribution in [2.24, 2.45) is 0 Å². The molecular weight excluding hydrogens is 386 g/mol. The fraction of sp³-hybridized carbons (Fsp3) is 0.423. The summed E-state index contributed by atoms with van der Waals surface area (Å²) in [5.41, 5.74) is 2.83. The number of rotatable bonds is 8. The Balaban J connectivity index is 1.99. The minimum absolute atomic E-state index is 0.0302. The Morgan fingerprint density at radius 2 is 1.84 bits per heavy atom. The van der Waals surface area contributed by atoms with Gasteiger partial charge in [0, 0.05) is 50.9 Å². The van der Waals surface area contributed by atoms with Crippen LogP contribution >= 0.6 is 0 Å². The first-order valence-electron chi connectivity index (χ1n) is 11.3. The zero-order valence-electron chi connectivity index (χ0n) is 19.0. The molecule has 1 heterocycles. The third kappa shape index (κ3) is 5.35. The van der Waals surface area contributed by atoms with Crippen LogP contribution < -0.4 is 0 Å². The third-order valence-corrected chi connectivity index (χ3v) is 6.17. The van der Waals surface area contributed by atoms with E-state index in [9.17, 15) is 9.90 Å². The number of aromatic hydroxyl groups is 1. The topological polar surface area (TPSA) is 47.0 Å². The number of phenols is 1. The number of carbonyl (C=O) groups is 1. The van der Waals surface area contributed by atoms with E-state index in [1.54, 1.807) is 6.07 Å². The lowest BCUT2D eigenvalue weighted by molar-refractivity contribution is 0.0669. The van der Waals surface area contributed by atoms with Crippen LogP contribution in [-0.4, -0.2) is 71.0 Å². The quantitative estimate of drug-likeness (QED) is 0.651. The predicted molar refractivity (Wildman–Crippen MR) is 126 cm³/mol. The summed E-state index contributed by atoms with van der Waals surface area (Å²) in [5, 5.41) is 10.2. The first-order valence-corrected chi connectivity index (χ1v) is 11.3. The summed E-state index contributed by atoms with van der Waals surface area (Å²) in [4.78, 5) is 19.7. The highest BCUT2D eigenvalue weighted by molar-refractivity contribution is 5.94. The van der Waals surface area contributed by atoms with Crippen LogP contribution in [0, 0.1) is 0 Å². The Labute approximate surface area is 186 Å². The van der Waals surface area contributed by atoms with E-state index in [1.165, 1.54) is 0 Å². The summed E-state index contributed by atoms with van der Waals surface area (Å²) in [6, 6.07) is 15.8. The highest BCUT2D eigenvalue weighted by Crippen LogP contribution is 2.34. The van der Waals surface area contributed by atoms with E-state index in [4.69, 9.17) is 0 Å². The van der Waals surface area contributed by atoms with Crippen molar-refractivity contribution in [3.05, 3.63) is 77.9 Å². The van der Waals surface area contributed by atoms with Gasteiger partial charge in [-0.1, -0.05) is 30.3 Å². The van der Waals surface area contributed by atoms with Crippen LogP contribution in [0.5, 0.6) is 5.75 Å². The van der Waals surface area contributed by atoms with E-state index in [0.717, 1.165) is 37.3 Å². The zero-order valence-corrected chi connectivity index (χ0v) is 19.0. The van der Waals surface area contributed by atoms with Crippen molar-refractivity contribution in [1.82, 2.24) is 14.7 Å². The fourth-order valence-electron chi connectivity index (χ4n) is 4.58. The highest BCUT2D eigenvalue weighted by atomic mass is 16.3. The van der Waals surface area contributed by atoms with Gasteiger partial charge in [-0.05, 0) is 56.2 Å². The van der Waals surface area contributed by atoms with Crippen molar-refractivity contribution < 1.29 is 9.90 Å². The van der Waals surface area contributed by atoms with Crippen molar-refractivity contribution in [1.29, 1.82) is 0 Å². The van der Waals surface area contributed by atoms with Crippen LogP contribution in [0.3, 0.4) is 0 Å². The lowest BCUT2D eigenvalue weighted by atomic mass is 9.93. The number of hydrogen-bond donors (Lipinski definition) is 1. The molecule has 31 heavy (non-hydrogen) atoms. The van der Waals surface area contributed by atoms with E-state index in [2.05, 4.69) is 35.4 Å². The predicted octanol–water partition coefficient (Wildman–Crippen LogP) is 4.16. The summed E-state index contributed by atoms with van der Waals surface area (Å²) in [6.45, 7) is 15.2. The third-order valence-electron chi connectivity index (χ3n) is 6.17. The fourth-order valence-corrected chi connectivity index (χ4v) is 4.58. The second-order valence-corrected chi connectivity index (χ2v) is 8.24. The van der Waals surface area contributed by atoms with Gasteiger partial charge in [-0.3, -0.25) is 14.6 Å². The van der Waals surface area contributed by atoms with Gasteiger partial charge in [0.05, 0.1) is 6.04 Å². The van der Waals surface area contributed by atoms with Crippen LogP contribution in [0.4, 0.5) is 0 Å². The smallest absolute Gasteiger partial charge is 0.253 e. The molecular formula is C26H35N3O2. The Hall–Kier alpha value is -2.63. The van der Waals surface area contributed by atoms with E-state index < -0.39 is 0 Å². The van der Waals surface area contributed by atoms with Crippen LogP contribution in [-0.2, 0) is 0 Å². The molecule has 0 aliphatic carbocycles. The first-order chi connectivity index (χ1) is 15.0. The molecule has 1 fully saturated rings. The van der Waals surface area contributed by atoms with Gasteiger partial charge in [0.1, 0.15) is 5.75 Å². The monoisotopic (exact) mass is 421 g/mol. The van der Waals surface area contributed by atoms with Crippen molar-refractivity contribution in [3.63, 3.8) is 0 Å². The standard InChI is InChI=1S/C26H35N3O2/c1-5-14-27-15-16-29(20(4)19-27)25(22-11-9-13-24(30)18-22)21-10-8-12-23(17-21)26(31)28(6-2)7-3/h5,8-13,17-18,20,25,30H,1,6-7,14-16,19H2,2-4H3. The van der Waals surface area contributed by atoms with Gasteiger partial charge in [-0.2, -0.15) is 0 Å². The highest BCUT2D eigenvalue weighted by Gasteiger charge is 2.31. The van der Waals surface area contributed by atoms with Crippen molar-refractivity contribution in [3.8, 4) is 5.75 Å². The molecule has 3 rings (SSSR count). The Morgan fingerprint density at radius 1 is 1.16 bits per heavy atom. The van der Waals surface area contributed by atoms with Gasteiger partial charge in [-0.15, -0.1) is 6.58 Å². The Morgan fingerprint density at radius 3 is 2.45 bits per heavy atom. The maximum absolute atomic E-state index is 13.0. The molecule has 1 aliphatic rings. The van der Waals surface area contributed by atoms with Crippen LogP contribution in [0.2, 0.25) is 0 Å². The summed E-state index contributed by atoms with van der Waals surface area (Å²) in [7, 11) is 0. The van der Waals surface area contributed by atoms with E-state index in [-0.39, 0.29) is 17.7 Å². The van der Waals surface area contributed by atoms with E-state index in [0.29, 0.717) is 24.7 Å². The molecule has 166 valence electrons. The lowest BCUT2D eigenvalue weighted by Crippen LogP contribution is -2.53. The molecule has 0 aromatic heterocycles. The average Bonchev–Trinajstić information content (AvgIpc) is 2.77. The maximum Gasteiger partial charge on any atom is 0.253 e. The number of phenolic OH excluding ortho intramolecular Hbond substituents is 1. The molecule has 1 N–H and O–H groups in total. The molecule has 1 amide bonds. The van der Waals surface area contributed by atoms with Gasteiger partial charge in [0.25, 0.3) is 5.91 Å². The number of benzene rings is 2. The SMILES string of the molecule is C=CCN1CCN(C(c2cccc(O)c2)c2cccc(C(=O)N(CC)CC)c2)C(C)C1. The van der Waals surface area contributed by atoms with Crippen molar-refractivity contribution in [2.75, 3.05) is 39.3 Å². The molecule has 0 spiro atoms. The van der Waals surface area contributed by atoms with Gasteiger partial charge in [0.15, 0.2) is 0 Å². The van der Waals surface area contributed by atoms with E-state index in [1.807, 2.05) is 55.2 Å². The molecule has 0 bridgehead atoms. The molecule has 2 unspecified atom stereocenters. The number of hydrogen-bond acceptors (Lipinski definition) is 4. The molecule has 1 saturated heterocycles. The number of amides is 1. The number of carbonyl (C=O) groups excluding carboxylic acids is 1. The number of nitrogens with zero attached hydrogens (tertiary/aromatic N) is 3. The van der Waals surface area contributed by atoms with Crippen LogP contribution in [0.25, 0.3) is 0 Å². The normalized spacial score (nSPS) is 18.5. The molecule has 0 radical (unpaired) electrons. The van der Waals surface area contributed by atoms with Gasteiger partial charge in [0.2, 0.25) is 0 Å². The van der Waals surface area contributed by atoms with E-state index >= 15 is 0 Å². The largest absolute Gasteiger partial charge is 0.508 e. The van der Waals surface area contributed by atoms with Gasteiger partial charge >= 0.3 is 0 Å². The average molecular weight is 422 g/mol. The van der Waals surface area contributed by atoms with Crippen LogP contribution in [0.1, 0.15) is 48.3 Å². The Kier molecular flexibility index (Phi) is 7.88. The van der Waals surface area contributed by atoms with Crippen molar-refractivity contribution in [2.45, 2.75) is 32.9 Å². The second-order valence-electron chi connectivity index (χ2n) is 8.24. The molecule has 5 nitrogen and oxygen atoms in total. The lowest BCUT2D eigenvalue weighted by Gasteiger charge is -2.44. The minimum atomic E-state index is -0.0302.